The van der Waals surface area contributed by atoms with Crippen molar-refractivity contribution in [3.05, 3.63) is 23.6 Å². The Balaban J connectivity index is 1.88. The topological polar surface area (TPSA) is 101 Å². The van der Waals surface area contributed by atoms with E-state index in [9.17, 15) is 29.0 Å². The highest BCUT2D eigenvalue weighted by atomic mass is 19.1. The van der Waals surface area contributed by atoms with Crippen LogP contribution < -0.4 is 0 Å². The lowest BCUT2D eigenvalue weighted by molar-refractivity contribution is -0.228. The quantitative estimate of drug-likeness (QED) is 0.639. The molecule has 0 aromatic rings. The van der Waals surface area contributed by atoms with Gasteiger partial charge in [-0.25, -0.2) is 8.78 Å². The van der Waals surface area contributed by atoms with Gasteiger partial charge >= 0.3 is 5.97 Å². The third-order valence-corrected chi connectivity index (χ3v) is 9.14. The minimum Gasteiger partial charge on any atom is -0.450 e. The first kappa shape index (κ1) is 23.2. The minimum atomic E-state index is -2.27. The zero-order chi connectivity index (χ0) is 23.9. The zero-order valence-electron chi connectivity index (χ0n) is 18.8. The number of allylic oxidation sites excluding steroid dienone is 4. The van der Waals surface area contributed by atoms with Gasteiger partial charge in [0, 0.05) is 29.6 Å². The highest BCUT2D eigenvalue weighted by molar-refractivity contribution is 6.04. The van der Waals surface area contributed by atoms with Crippen molar-refractivity contribution in [3.63, 3.8) is 0 Å². The molecule has 0 bridgehead atoms. The lowest BCUT2D eigenvalue weighted by atomic mass is 9.44. The van der Waals surface area contributed by atoms with Crippen molar-refractivity contribution < 1.29 is 38.1 Å². The summed E-state index contributed by atoms with van der Waals surface area (Å²) in [6.45, 7) is 5.30. The van der Waals surface area contributed by atoms with Gasteiger partial charge in [-0.05, 0) is 50.2 Å². The zero-order valence-corrected chi connectivity index (χ0v) is 18.8. The number of fused-ring (bicyclic) bond motifs is 5. The predicted molar refractivity (Wildman–Crippen MR) is 110 cm³/mol. The lowest BCUT2D eigenvalue weighted by Crippen LogP contribution is -2.70. The number of ketones is 2. The van der Waals surface area contributed by atoms with Gasteiger partial charge < -0.3 is 14.9 Å². The minimum absolute atomic E-state index is 0.0649. The Bertz CT molecular complexity index is 958. The highest BCUT2D eigenvalue weighted by Gasteiger charge is 2.77. The van der Waals surface area contributed by atoms with E-state index in [-0.39, 0.29) is 24.8 Å². The van der Waals surface area contributed by atoms with Crippen LogP contribution in [-0.4, -0.2) is 51.7 Å². The summed E-state index contributed by atoms with van der Waals surface area (Å²) in [5, 5.41) is 21.0. The standard InChI is InChI=1S/C24H30F2O6/c1-12-9-16-14-5-6-15-20(25)17(29)7-8-21(15,3)23(14,26)18(30)10-22(16,4)24(12,19(31)11-27)32-13(2)28/h7-8,12,14,16,18,27,30H,5-6,9-11H2,1-4H3/t12-,14+,16+,18+,21+,22+,23+,24+/m1/s1. The average molecular weight is 452 g/mol. The number of ether oxygens (including phenoxy) is 1. The van der Waals surface area contributed by atoms with Crippen molar-refractivity contribution in [1.29, 1.82) is 0 Å². The molecule has 0 heterocycles. The number of hydrogen-bond acceptors (Lipinski definition) is 6. The second kappa shape index (κ2) is 7.03. The van der Waals surface area contributed by atoms with Crippen molar-refractivity contribution in [1.82, 2.24) is 0 Å². The van der Waals surface area contributed by atoms with E-state index in [2.05, 4.69) is 0 Å². The SMILES string of the molecule is CC(=O)O[C@]1(C(=O)CO)[C@H](C)C[C@H]2[C@@H]3CCC4=C(F)C(=O)C=C[C@]4(C)[C@@]3(F)[C@@H](O)C[C@@]21C. The van der Waals surface area contributed by atoms with E-state index >= 15 is 4.39 Å². The number of alkyl halides is 1. The molecule has 4 aliphatic carbocycles. The van der Waals surface area contributed by atoms with E-state index in [0.29, 0.717) is 6.42 Å². The number of carbonyl (C=O) groups is 3. The molecule has 0 amide bonds. The van der Waals surface area contributed by atoms with Crippen molar-refractivity contribution in [2.45, 2.75) is 70.8 Å². The second-order valence-corrected chi connectivity index (χ2v) is 10.4. The van der Waals surface area contributed by atoms with Crippen molar-refractivity contribution in [3.8, 4) is 0 Å². The second-order valence-electron chi connectivity index (χ2n) is 10.4. The summed E-state index contributed by atoms with van der Waals surface area (Å²) in [7, 11) is 0. The highest BCUT2D eigenvalue weighted by Crippen LogP contribution is 2.71. The van der Waals surface area contributed by atoms with E-state index in [0.717, 1.165) is 6.08 Å². The van der Waals surface area contributed by atoms with Gasteiger partial charge in [-0.3, -0.25) is 14.4 Å². The first-order valence-electron chi connectivity index (χ1n) is 11.1. The molecule has 3 fully saturated rings. The van der Waals surface area contributed by atoms with E-state index in [1.54, 1.807) is 13.8 Å². The van der Waals surface area contributed by atoms with Crippen LogP contribution in [0.1, 0.15) is 53.4 Å². The molecule has 0 aromatic carbocycles. The van der Waals surface area contributed by atoms with Crippen molar-refractivity contribution >= 4 is 17.5 Å². The molecule has 0 unspecified atom stereocenters. The van der Waals surface area contributed by atoms with E-state index in [1.807, 2.05) is 0 Å². The summed E-state index contributed by atoms with van der Waals surface area (Å²) < 4.78 is 37.5. The molecule has 0 radical (unpaired) electrons. The van der Waals surface area contributed by atoms with Gasteiger partial charge in [0.25, 0.3) is 0 Å². The maximum Gasteiger partial charge on any atom is 0.303 e. The van der Waals surface area contributed by atoms with Gasteiger partial charge in [-0.1, -0.05) is 19.9 Å². The molecule has 8 heteroatoms. The summed E-state index contributed by atoms with van der Waals surface area (Å²) in [6, 6.07) is 0. The largest absolute Gasteiger partial charge is 0.450 e. The van der Waals surface area contributed by atoms with Crippen LogP contribution >= 0.6 is 0 Å². The molecular formula is C24H30F2O6. The molecule has 3 saturated carbocycles. The Morgan fingerprint density at radius 1 is 1.28 bits per heavy atom. The third kappa shape index (κ3) is 2.48. The van der Waals surface area contributed by atoms with Gasteiger partial charge in [-0.2, -0.15) is 0 Å². The molecule has 2 N–H and O–H groups in total. The molecule has 8 atom stereocenters. The monoisotopic (exact) mass is 452 g/mol. The first-order valence-corrected chi connectivity index (χ1v) is 11.1. The molecule has 4 rings (SSSR count). The smallest absolute Gasteiger partial charge is 0.303 e. The number of carbonyl (C=O) groups excluding carboxylic acids is 3. The Morgan fingerprint density at radius 2 is 1.94 bits per heavy atom. The Kier molecular flexibility index (Phi) is 5.11. The summed E-state index contributed by atoms with van der Waals surface area (Å²) in [6.07, 6.45) is 1.26. The average Bonchev–Trinajstić information content (AvgIpc) is 2.93. The van der Waals surface area contributed by atoms with E-state index < -0.39 is 75.9 Å². The molecule has 176 valence electrons. The summed E-state index contributed by atoms with van der Waals surface area (Å²) in [4.78, 5) is 37.0. The van der Waals surface area contributed by atoms with E-state index in [4.69, 9.17) is 4.74 Å². The van der Waals surface area contributed by atoms with Gasteiger partial charge in [-0.15, -0.1) is 0 Å². The van der Waals surface area contributed by atoms with Gasteiger partial charge in [0.15, 0.2) is 17.1 Å². The number of rotatable bonds is 3. The van der Waals surface area contributed by atoms with Crippen LogP contribution in [0.25, 0.3) is 0 Å². The molecule has 0 spiro atoms. The number of esters is 1. The van der Waals surface area contributed by atoms with Crippen LogP contribution in [-0.2, 0) is 19.1 Å². The van der Waals surface area contributed by atoms with Crippen LogP contribution in [0.4, 0.5) is 8.78 Å². The van der Waals surface area contributed by atoms with Crippen LogP contribution in [0.5, 0.6) is 0 Å². The fourth-order valence-electron chi connectivity index (χ4n) is 7.82. The molecule has 6 nitrogen and oxygen atoms in total. The Hall–Kier alpha value is -1.93. The summed E-state index contributed by atoms with van der Waals surface area (Å²) in [5.41, 5.74) is -6.53. The number of aliphatic hydroxyl groups excluding tert-OH is 2. The maximum absolute atomic E-state index is 17.1. The Labute approximate surface area is 185 Å². The third-order valence-electron chi connectivity index (χ3n) is 9.14. The van der Waals surface area contributed by atoms with Crippen molar-refractivity contribution in [2.24, 2.45) is 28.6 Å². The Morgan fingerprint density at radius 3 is 2.53 bits per heavy atom. The van der Waals surface area contributed by atoms with E-state index in [1.165, 1.54) is 19.9 Å². The maximum atomic E-state index is 17.1. The number of halogens is 2. The predicted octanol–water partition coefficient (Wildman–Crippen LogP) is 2.76. The van der Waals surface area contributed by atoms with Crippen LogP contribution in [0.3, 0.4) is 0 Å². The molecule has 0 saturated heterocycles. The number of Topliss-reactive ketones (excluding diaryl/α,β-unsaturated/α-hetero) is 1. The summed E-state index contributed by atoms with van der Waals surface area (Å²) in [5.74, 6) is -4.86. The fourth-order valence-corrected chi connectivity index (χ4v) is 7.82. The fraction of sp³-hybridized carbons (Fsp3) is 0.708. The molecular weight excluding hydrogens is 422 g/mol. The number of aliphatic hydroxyl groups is 2. The van der Waals surface area contributed by atoms with Crippen LogP contribution in [0.2, 0.25) is 0 Å². The van der Waals surface area contributed by atoms with Gasteiger partial charge in [0.1, 0.15) is 6.61 Å². The summed E-state index contributed by atoms with van der Waals surface area (Å²) >= 11 is 0. The number of hydrogen-bond donors (Lipinski definition) is 2. The van der Waals surface area contributed by atoms with Crippen LogP contribution in [0, 0.1) is 28.6 Å². The molecule has 32 heavy (non-hydrogen) atoms. The van der Waals surface area contributed by atoms with Crippen molar-refractivity contribution in [2.75, 3.05) is 6.61 Å². The molecule has 4 aliphatic rings. The normalized spacial score (nSPS) is 47.6. The van der Waals surface area contributed by atoms with Gasteiger partial charge in [0.05, 0.1) is 6.10 Å². The molecule has 0 aromatic heterocycles. The van der Waals surface area contributed by atoms with Crippen LogP contribution in [0.15, 0.2) is 23.6 Å². The molecule has 0 aliphatic heterocycles. The van der Waals surface area contributed by atoms with Gasteiger partial charge in [0.2, 0.25) is 11.6 Å². The lowest BCUT2D eigenvalue weighted by Gasteiger charge is -2.62. The first-order chi connectivity index (χ1) is 14.8.